The predicted octanol–water partition coefficient (Wildman–Crippen LogP) is -2.82. The lowest BCUT2D eigenvalue weighted by atomic mass is 9.99. The minimum absolute atomic E-state index is 0. The van der Waals surface area contributed by atoms with Crippen LogP contribution in [-0.2, 0) is 9.47 Å². The van der Waals surface area contributed by atoms with Crippen molar-refractivity contribution in [1.29, 1.82) is 0 Å². The van der Waals surface area contributed by atoms with Crippen LogP contribution in [0.25, 0.3) is 0 Å². The largest absolute Gasteiger partial charge is 0.394 e. The Morgan fingerprint density at radius 1 is 1.12 bits per heavy atom. The van der Waals surface area contributed by atoms with Crippen LogP contribution < -0.4 is 5.73 Å². The Morgan fingerprint density at radius 2 is 1.75 bits per heavy atom. The van der Waals surface area contributed by atoms with E-state index < -0.39 is 37.3 Å². The van der Waals surface area contributed by atoms with E-state index in [0.29, 0.717) is 0 Å². The molecule has 0 aromatic rings. The first-order valence-electron chi connectivity index (χ1n) is 4.74. The second-order valence-corrected chi connectivity index (χ2v) is 3.36. The Bertz CT molecular complexity index is 195. The molecule has 0 bridgehead atoms. The molecule has 1 aliphatic rings. The van der Waals surface area contributed by atoms with Crippen molar-refractivity contribution in [3.05, 3.63) is 0 Å². The van der Waals surface area contributed by atoms with Gasteiger partial charge < -0.3 is 35.6 Å². The second kappa shape index (κ2) is 7.36. The minimum Gasteiger partial charge on any atom is -0.394 e. The molecule has 1 fully saturated rings. The van der Waals surface area contributed by atoms with Crippen LogP contribution in [0, 0.1) is 0 Å². The number of nitrogens with two attached hydrogens (primary N) is 1. The molecule has 16 heavy (non-hydrogen) atoms. The van der Waals surface area contributed by atoms with Gasteiger partial charge in [-0.15, -0.1) is 12.4 Å². The normalized spacial score (nSPS) is 39.2. The quantitative estimate of drug-likeness (QED) is 0.369. The Kier molecular flexibility index (Phi) is 7.36. The molecule has 0 radical (unpaired) electrons. The van der Waals surface area contributed by atoms with Gasteiger partial charge in [-0.05, 0) is 0 Å². The molecule has 1 aliphatic heterocycles. The smallest absolute Gasteiger partial charge is 0.186 e. The van der Waals surface area contributed by atoms with E-state index in [1.807, 2.05) is 0 Å². The number of aliphatic hydroxyl groups is 4. The lowest BCUT2D eigenvalue weighted by Gasteiger charge is -2.39. The van der Waals surface area contributed by atoms with Gasteiger partial charge in [-0.1, -0.05) is 0 Å². The van der Waals surface area contributed by atoms with Crippen molar-refractivity contribution >= 4 is 12.4 Å². The molecule has 0 aromatic heterocycles. The molecule has 1 saturated heterocycles. The predicted molar refractivity (Wildman–Crippen MR) is 56.0 cm³/mol. The lowest BCUT2D eigenvalue weighted by Crippen LogP contribution is -2.59. The summed E-state index contributed by atoms with van der Waals surface area (Å²) in [6.45, 7) is -0.0643. The molecule has 7 nitrogen and oxygen atoms in total. The van der Waals surface area contributed by atoms with Crippen LogP contribution in [0.1, 0.15) is 0 Å². The highest BCUT2D eigenvalue weighted by atomic mass is 35.5. The summed E-state index contributed by atoms with van der Waals surface area (Å²) in [6, 6.07) is 0. The van der Waals surface area contributed by atoms with Crippen molar-refractivity contribution in [1.82, 2.24) is 0 Å². The van der Waals surface area contributed by atoms with Gasteiger partial charge in [0.2, 0.25) is 0 Å². The van der Waals surface area contributed by atoms with Gasteiger partial charge in [-0.3, -0.25) is 0 Å². The Morgan fingerprint density at radius 3 is 2.25 bits per heavy atom. The van der Waals surface area contributed by atoms with Crippen molar-refractivity contribution in [2.24, 2.45) is 5.73 Å². The van der Waals surface area contributed by atoms with E-state index in [9.17, 15) is 15.3 Å². The van der Waals surface area contributed by atoms with Crippen LogP contribution in [0.2, 0.25) is 0 Å². The summed E-state index contributed by atoms with van der Waals surface area (Å²) in [7, 11) is 0. The Hall–Kier alpha value is 0.01000. The Labute approximate surface area is 99.2 Å². The van der Waals surface area contributed by atoms with E-state index in [2.05, 4.69) is 0 Å². The van der Waals surface area contributed by atoms with E-state index in [-0.39, 0.29) is 25.6 Å². The van der Waals surface area contributed by atoms with Crippen LogP contribution >= 0.6 is 12.4 Å². The zero-order chi connectivity index (χ0) is 11.4. The summed E-state index contributed by atoms with van der Waals surface area (Å²) in [4.78, 5) is 0. The first-order valence-corrected chi connectivity index (χ1v) is 4.74. The molecular weight excluding hydrogens is 242 g/mol. The van der Waals surface area contributed by atoms with E-state index in [1.54, 1.807) is 0 Å². The van der Waals surface area contributed by atoms with Crippen LogP contribution in [0.3, 0.4) is 0 Å². The highest BCUT2D eigenvalue weighted by Crippen LogP contribution is 2.21. The average molecular weight is 260 g/mol. The van der Waals surface area contributed by atoms with Gasteiger partial charge in [-0.25, -0.2) is 0 Å². The first kappa shape index (κ1) is 16.0. The Balaban J connectivity index is 0.00000225. The molecule has 0 saturated carbocycles. The highest BCUT2D eigenvalue weighted by Gasteiger charge is 2.43. The van der Waals surface area contributed by atoms with Gasteiger partial charge >= 0.3 is 0 Å². The number of hydrogen-bond acceptors (Lipinski definition) is 7. The summed E-state index contributed by atoms with van der Waals surface area (Å²) in [5.41, 5.74) is 5.20. The molecule has 0 amide bonds. The topological polar surface area (TPSA) is 125 Å². The van der Waals surface area contributed by atoms with E-state index in [0.717, 1.165) is 0 Å². The van der Waals surface area contributed by atoms with Gasteiger partial charge in [-0.2, -0.15) is 0 Å². The standard InChI is InChI=1S/C8H17NO6.ClH/c9-1-2-14-8-7(13)6(12)5(11)4(3-10)15-8;/h4-8,10-13H,1-3,9H2;1H/t4-,5+,6?,7-,8-;/m1./s1. The molecule has 0 aliphatic carbocycles. The summed E-state index contributed by atoms with van der Waals surface area (Å²) < 4.78 is 10.1. The summed E-state index contributed by atoms with van der Waals surface area (Å²) in [5, 5.41) is 37.1. The SMILES string of the molecule is Cl.NCCO[C@@H]1O[C@H](CO)[C@H](O)C(O)[C@H]1O. The van der Waals surface area contributed by atoms with Gasteiger partial charge in [0, 0.05) is 6.54 Å². The third kappa shape index (κ3) is 3.51. The van der Waals surface area contributed by atoms with Gasteiger partial charge in [0.25, 0.3) is 0 Å². The van der Waals surface area contributed by atoms with E-state index in [1.165, 1.54) is 0 Å². The molecule has 0 spiro atoms. The van der Waals surface area contributed by atoms with Crippen LogP contribution in [0.15, 0.2) is 0 Å². The third-order valence-electron chi connectivity index (χ3n) is 2.25. The maximum absolute atomic E-state index is 9.47. The number of ether oxygens (including phenoxy) is 2. The fourth-order valence-electron chi connectivity index (χ4n) is 1.39. The molecule has 1 heterocycles. The van der Waals surface area contributed by atoms with E-state index >= 15 is 0 Å². The summed E-state index contributed by atoms with van der Waals surface area (Å²) in [5.74, 6) is 0. The molecule has 1 rings (SSSR count). The maximum Gasteiger partial charge on any atom is 0.186 e. The molecule has 8 heteroatoms. The van der Waals surface area contributed by atoms with Gasteiger partial charge in [0.15, 0.2) is 6.29 Å². The molecule has 6 N–H and O–H groups in total. The fourth-order valence-corrected chi connectivity index (χ4v) is 1.39. The second-order valence-electron chi connectivity index (χ2n) is 3.36. The molecular formula is C8H18ClNO6. The molecule has 5 atom stereocenters. The van der Waals surface area contributed by atoms with Crippen molar-refractivity contribution in [3.8, 4) is 0 Å². The minimum atomic E-state index is -1.40. The van der Waals surface area contributed by atoms with Gasteiger partial charge in [0.1, 0.15) is 24.4 Å². The number of hydrogen-bond donors (Lipinski definition) is 5. The third-order valence-corrected chi connectivity index (χ3v) is 2.25. The first-order chi connectivity index (χ1) is 7.11. The maximum atomic E-state index is 9.47. The highest BCUT2D eigenvalue weighted by molar-refractivity contribution is 5.85. The molecule has 0 aromatic carbocycles. The fraction of sp³-hybridized carbons (Fsp3) is 1.00. The van der Waals surface area contributed by atoms with Crippen LogP contribution in [0.5, 0.6) is 0 Å². The number of aliphatic hydroxyl groups excluding tert-OH is 4. The van der Waals surface area contributed by atoms with E-state index in [4.69, 9.17) is 20.3 Å². The van der Waals surface area contributed by atoms with Crippen molar-refractivity contribution in [3.63, 3.8) is 0 Å². The van der Waals surface area contributed by atoms with Crippen LogP contribution in [0.4, 0.5) is 0 Å². The van der Waals surface area contributed by atoms with Crippen molar-refractivity contribution < 1.29 is 29.9 Å². The summed E-state index contributed by atoms with van der Waals surface area (Å²) in [6.07, 6.45) is -6.13. The molecule has 98 valence electrons. The zero-order valence-electron chi connectivity index (χ0n) is 8.60. The van der Waals surface area contributed by atoms with Crippen molar-refractivity contribution in [2.75, 3.05) is 19.8 Å². The molecule has 1 unspecified atom stereocenters. The van der Waals surface area contributed by atoms with Crippen molar-refractivity contribution in [2.45, 2.75) is 30.7 Å². The monoisotopic (exact) mass is 259 g/mol. The average Bonchev–Trinajstić information content (AvgIpc) is 2.25. The summed E-state index contributed by atoms with van der Waals surface area (Å²) >= 11 is 0. The zero-order valence-corrected chi connectivity index (χ0v) is 9.42. The number of rotatable bonds is 4. The van der Waals surface area contributed by atoms with Gasteiger partial charge in [0.05, 0.1) is 13.2 Å². The lowest BCUT2D eigenvalue weighted by molar-refractivity contribution is -0.300. The van der Waals surface area contributed by atoms with Crippen LogP contribution in [-0.4, -0.2) is 70.9 Å². The number of halogens is 1.